The third-order valence-corrected chi connectivity index (χ3v) is 2.15. The predicted molar refractivity (Wildman–Crippen MR) is 67.2 cm³/mol. The second kappa shape index (κ2) is 6.49. The fourth-order valence-corrected chi connectivity index (χ4v) is 1.38. The average molecular weight is 215 g/mol. The third-order valence-electron chi connectivity index (χ3n) is 2.15. The molecular formula is C13H29NO. The van der Waals surface area contributed by atoms with Crippen LogP contribution in [-0.2, 0) is 4.74 Å². The van der Waals surface area contributed by atoms with Gasteiger partial charge in [0.15, 0.2) is 0 Å². The first kappa shape index (κ1) is 14.9. The minimum absolute atomic E-state index is 0.0472. The Morgan fingerprint density at radius 1 is 1.00 bits per heavy atom. The SMILES string of the molecule is CC(C)CNCC(OC(C)(C)C)C(C)C. The highest BCUT2D eigenvalue weighted by Crippen LogP contribution is 2.16. The first-order valence-corrected chi connectivity index (χ1v) is 6.11. The molecule has 0 aliphatic carbocycles. The fourth-order valence-electron chi connectivity index (χ4n) is 1.38. The molecule has 0 aliphatic heterocycles. The summed E-state index contributed by atoms with van der Waals surface area (Å²) >= 11 is 0. The van der Waals surface area contributed by atoms with Crippen LogP contribution in [0.3, 0.4) is 0 Å². The highest BCUT2D eigenvalue weighted by molar-refractivity contribution is 4.71. The topological polar surface area (TPSA) is 21.3 Å². The summed E-state index contributed by atoms with van der Waals surface area (Å²) in [5, 5.41) is 3.46. The van der Waals surface area contributed by atoms with Gasteiger partial charge in [0.05, 0.1) is 11.7 Å². The van der Waals surface area contributed by atoms with Crippen LogP contribution in [0.25, 0.3) is 0 Å². The van der Waals surface area contributed by atoms with E-state index in [2.05, 4.69) is 53.8 Å². The summed E-state index contributed by atoms with van der Waals surface area (Å²) in [6.07, 6.45) is 0.309. The Balaban J connectivity index is 3.95. The van der Waals surface area contributed by atoms with Gasteiger partial charge in [0, 0.05) is 6.54 Å². The van der Waals surface area contributed by atoms with E-state index in [1.54, 1.807) is 0 Å². The van der Waals surface area contributed by atoms with Crippen LogP contribution in [0, 0.1) is 11.8 Å². The molecule has 0 radical (unpaired) electrons. The number of ether oxygens (including phenoxy) is 1. The molecule has 15 heavy (non-hydrogen) atoms. The summed E-state index contributed by atoms with van der Waals surface area (Å²) in [7, 11) is 0. The molecule has 0 saturated carbocycles. The number of hydrogen-bond donors (Lipinski definition) is 1. The summed E-state index contributed by atoms with van der Waals surface area (Å²) in [6.45, 7) is 17.2. The van der Waals surface area contributed by atoms with E-state index in [9.17, 15) is 0 Å². The highest BCUT2D eigenvalue weighted by atomic mass is 16.5. The highest BCUT2D eigenvalue weighted by Gasteiger charge is 2.21. The molecule has 0 aliphatic rings. The second-order valence-electron chi connectivity index (χ2n) is 6.06. The van der Waals surface area contributed by atoms with Gasteiger partial charge in [0.1, 0.15) is 0 Å². The quantitative estimate of drug-likeness (QED) is 0.735. The van der Waals surface area contributed by atoms with Crippen LogP contribution >= 0.6 is 0 Å². The van der Waals surface area contributed by atoms with Gasteiger partial charge in [-0.1, -0.05) is 27.7 Å². The van der Waals surface area contributed by atoms with E-state index in [0.29, 0.717) is 17.9 Å². The normalized spacial score (nSPS) is 15.0. The van der Waals surface area contributed by atoms with Crippen LogP contribution in [0.2, 0.25) is 0 Å². The molecule has 0 rings (SSSR count). The molecule has 1 unspecified atom stereocenters. The summed E-state index contributed by atoms with van der Waals surface area (Å²) in [6, 6.07) is 0. The van der Waals surface area contributed by atoms with Crippen LogP contribution in [0.4, 0.5) is 0 Å². The van der Waals surface area contributed by atoms with Crippen molar-refractivity contribution in [1.29, 1.82) is 0 Å². The van der Waals surface area contributed by atoms with Gasteiger partial charge in [-0.25, -0.2) is 0 Å². The smallest absolute Gasteiger partial charge is 0.0729 e. The standard InChI is InChI=1S/C13H29NO/c1-10(2)8-14-9-12(11(3)4)15-13(5,6)7/h10-12,14H,8-9H2,1-7H3. The van der Waals surface area contributed by atoms with Gasteiger partial charge < -0.3 is 10.1 Å². The van der Waals surface area contributed by atoms with E-state index in [4.69, 9.17) is 4.74 Å². The minimum atomic E-state index is -0.0472. The van der Waals surface area contributed by atoms with Crippen molar-refractivity contribution >= 4 is 0 Å². The van der Waals surface area contributed by atoms with Crippen molar-refractivity contribution in [2.45, 2.75) is 60.2 Å². The Morgan fingerprint density at radius 3 is 1.87 bits per heavy atom. The number of rotatable bonds is 6. The maximum atomic E-state index is 6.02. The van der Waals surface area contributed by atoms with Crippen molar-refractivity contribution in [3.8, 4) is 0 Å². The van der Waals surface area contributed by atoms with Crippen molar-refractivity contribution in [2.75, 3.05) is 13.1 Å². The van der Waals surface area contributed by atoms with E-state index in [1.807, 2.05) is 0 Å². The predicted octanol–water partition coefficient (Wildman–Crippen LogP) is 3.07. The van der Waals surface area contributed by atoms with Crippen LogP contribution in [0.5, 0.6) is 0 Å². The molecule has 0 saturated heterocycles. The number of nitrogens with one attached hydrogen (secondary N) is 1. The Kier molecular flexibility index (Phi) is 6.46. The van der Waals surface area contributed by atoms with Crippen molar-refractivity contribution in [3.63, 3.8) is 0 Å². The van der Waals surface area contributed by atoms with Gasteiger partial charge in [-0.3, -0.25) is 0 Å². The molecule has 0 aromatic rings. The zero-order valence-electron chi connectivity index (χ0n) is 11.6. The van der Waals surface area contributed by atoms with Gasteiger partial charge in [-0.05, 0) is 39.2 Å². The van der Waals surface area contributed by atoms with Gasteiger partial charge in [-0.15, -0.1) is 0 Å². The van der Waals surface area contributed by atoms with Crippen molar-refractivity contribution in [2.24, 2.45) is 11.8 Å². The molecule has 2 heteroatoms. The molecule has 2 nitrogen and oxygen atoms in total. The molecule has 1 atom stereocenters. The first-order valence-electron chi connectivity index (χ1n) is 6.11. The lowest BCUT2D eigenvalue weighted by Gasteiger charge is -2.30. The Morgan fingerprint density at radius 2 is 1.53 bits per heavy atom. The van der Waals surface area contributed by atoms with Gasteiger partial charge in [0.25, 0.3) is 0 Å². The summed E-state index contributed by atoms with van der Waals surface area (Å²) < 4.78 is 6.02. The zero-order valence-corrected chi connectivity index (χ0v) is 11.6. The van der Waals surface area contributed by atoms with Crippen molar-refractivity contribution in [1.82, 2.24) is 5.32 Å². The van der Waals surface area contributed by atoms with Crippen LogP contribution in [-0.4, -0.2) is 24.8 Å². The molecule has 92 valence electrons. The number of hydrogen-bond acceptors (Lipinski definition) is 2. The van der Waals surface area contributed by atoms with Crippen LogP contribution in [0.1, 0.15) is 48.5 Å². The lowest BCUT2D eigenvalue weighted by Crippen LogP contribution is -2.39. The zero-order chi connectivity index (χ0) is 12.1. The summed E-state index contributed by atoms with van der Waals surface area (Å²) in [4.78, 5) is 0. The Bertz CT molecular complexity index is 158. The average Bonchev–Trinajstić information content (AvgIpc) is 1.99. The lowest BCUT2D eigenvalue weighted by molar-refractivity contribution is -0.0776. The molecule has 0 aromatic heterocycles. The molecular weight excluding hydrogens is 186 g/mol. The van der Waals surface area contributed by atoms with E-state index >= 15 is 0 Å². The molecule has 0 aromatic carbocycles. The summed E-state index contributed by atoms with van der Waals surface area (Å²) in [5.74, 6) is 1.26. The van der Waals surface area contributed by atoms with Crippen LogP contribution < -0.4 is 5.32 Å². The van der Waals surface area contributed by atoms with Crippen LogP contribution in [0.15, 0.2) is 0 Å². The largest absolute Gasteiger partial charge is 0.371 e. The second-order valence-corrected chi connectivity index (χ2v) is 6.06. The third kappa shape index (κ3) is 8.88. The van der Waals surface area contributed by atoms with E-state index in [1.165, 1.54) is 0 Å². The lowest BCUT2D eigenvalue weighted by atomic mass is 10.1. The fraction of sp³-hybridized carbons (Fsp3) is 1.00. The van der Waals surface area contributed by atoms with E-state index in [-0.39, 0.29) is 5.60 Å². The molecule has 0 bridgehead atoms. The monoisotopic (exact) mass is 215 g/mol. The maximum absolute atomic E-state index is 6.02. The Labute approximate surface area is 95.8 Å². The molecule has 0 fully saturated rings. The van der Waals surface area contributed by atoms with Gasteiger partial charge in [0.2, 0.25) is 0 Å². The molecule has 0 spiro atoms. The molecule has 0 heterocycles. The van der Waals surface area contributed by atoms with Crippen molar-refractivity contribution < 1.29 is 4.74 Å². The van der Waals surface area contributed by atoms with Gasteiger partial charge in [-0.2, -0.15) is 0 Å². The van der Waals surface area contributed by atoms with E-state index in [0.717, 1.165) is 13.1 Å². The van der Waals surface area contributed by atoms with Gasteiger partial charge >= 0.3 is 0 Å². The maximum Gasteiger partial charge on any atom is 0.0729 e. The molecule has 0 amide bonds. The first-order chi connectivity index (χ1) is 6.72. The van der Waals surface area contributed by atoms with Crippen molar-refractivity contribution in [3.05, 3.63) is 0 Å². The van der Waals surface area contributed by atoms with E-state index < -0.39 is 0 Å². The molecule has 1 N–H and O–H groups in total. The minimum Gasteiger partial charge on any atom is -0.371 e. The summed E-state index contributed by atoms with van der Waals surface area (Å²) in [5.41, 5.74) is -0.0472. The Hall–Kier alpha value is -0.0800.